The van der Waals surface area contributed by atoms with Gasteiger partial charge in [-0.15, -0.1) is 0 Å². The van der Waals surface area contributed by atoms with E-state index in [1.807, 2.05) is 64.6 Å². The Bertz CT molecular complexity index is 417. The summed E-state index contributed by atoms with van der Waals surface area (Å²) in [6, 6.07) is 8.07. The largest absolute Gasteiger partial charge is 0.319 e. The van der Waals surface area contributed by atoms with Crippen molar-refractivity contribution in [1.29, 1.82) is 0 Å². The predicted octanol–water partition coefficient (Wildman–Crippen LogP) is 2.67. The Labute approximate surface area is 129 Å². The number of nitrogens with one attached hydrogen (secondary N) is 2. The van der Waals surface area contributed by atoms with Crippen molar-refractivity contribution in [2.75, 3.05) is 20.6 Å². The summed E-state index contributed by atoms with van der Waals surface area (Å²) in [6.45, 7) is 5.95. The second-order valence-electron chi connectivity index (χ2n) is 4.09. The van der Waals surface area contributed by atoms with Gasteiger partial charge in [-0.2, -0.15) is 0 Å². The van der Waals surface area contributed by atoms with Crippen LogP contribution >= 0.6 is 0 Å². The van der Waals surface area contributed by atoms with Crippen molar-refractivity contribution in [1.82, 2.24) is 20.6 Å². The van der Waals surface area contributed by atoms with Crippen molar-refractivity contribution in [2.45, 2.75) is 26.8 Å². The van der Waals surface area contributed by atoms with Gasteiger partial charge < -0.3 is 10.6 Å². The molecular formula is C17H28N4. The highest BCUT2D eigenvalue weighted by atomic mass is 14.8. The fraction of sp³-hybridized carbons (Fsp3) is 0.412. The highest BCUT2D eigenvalue weighted by Crippen LogP contribution is 1.95. The molecule has 21 heavy (non-hydrogen) atoms. The molecule has 0 saturated heterocycles. The summed E-state index contributed by atoms with van der Waals surface area (Å²) >= 11 is 0. The smallest absolute Gasteiger partial charge is 0.0271 e. The molecule has 0 fully saturated rings. The van der Waals surface area contributed by atoms with Crippen LogP contribution in [0.4, 0.5) is 0 Å². The Morgan fingerprint density at radius 2 is 1.24 bits per heavy atom. The summed E-state index contributed by atoms with van der Waals surface area (Å²) in [5.74, 6) is 0. The summed E-state index contributed by atoms with van der Waals surface area (Å²) in [5.41, 5.74) is 2.61. The van der Waals surface area contributed by atoms with Gasteiger partial charge in [0.25, 0.3) is 0 Å². The predicted molar refractivity (Wildman–Crippen MR) is 90.2 cm³/mol. The molecule has 2 N–H and O–H groups in total. The highest BCUT2D eigenvalue weighted by Gasteiger charge is 1.87. The molecule has 2 rings (SSSR count). The maximum Gasteiger partial charge on any atom is 0.0271 e. The van der Waals surface area contributed by atoms with Crippen molar-refractivity contribution < 1.29 is 0 Å². The Hall–Kier alpha value is -1.78. The Morgan fingerprint density at radius 1 is 0.762 bits per heavy atom. The van der Waals surface area contributed by atoms with E-state index in [2.05, 4.69) is 20.6 Å². The van der Waals surface area contributed by atoms with Crippen molar-refractivity contribution in [3.8, 4) is 0 Å². The summed E-state index contributed by atoms with van der Waals surface area (Å²) in [6.07, 6.45) is 8.33. The number of nitrogens with zero attached hydrogens (tertiary/aromatic N) is 2. The first-order chi connectivity index (χ1) is 10.4. The third-order valence-corrected chi connectivity index (χ3v) is 2.54. The first-order valence-electron chi connectivity index (χ1n) is 7.44. The molecule has 0 amide bonds. The molecule has 0 unspecified atom stereocenters. The molecular weight excluding hydrogens is 260 g/mol. The number of rotatable bonds is 5. The van der Waals surface area contributed by atoms with Crippen molar-refractivity contribution in [2.24, 2.45) is 0 Å². The van der Waals surface area contributed by atoms with E-state index in [0.29, 0.717) is 0 Å². The van der Waals surface area contributed by atoms with Crippen LogP contribution in [-0.4, -0.2) is 30.6 Å². The molecule has 0 bridgehead atoms. The number of hydrogen-bond donors (Lipinski definition) is 2. The zero-order chi connectivity index (χ0) is 15.8. The molecule has 0 radical (unpaired) electrons. The van der Waals surface area contributed by atoms with Crippen molar-refractivity contribution in [3.63, 3.8) is 0 Å². The molecule has 0 aliphatic heterocycles. The van der Waals surface area contributed by atoms with E-state index < -0.39 is 0 Å². The quantitative estimate of drug-likeness (QED) is 0.888. The molecule has 2 heterocycles. The van der Waals surface area contributed by atoms with Gasteiger partial charge in [0.1, 0.15) is 0 Å². The molecule has 0 spiro atoms. The van der Waals surface area contributed by atoms with Crippen molar-refractivity contribution in [3.05, 3.63) is 60.2 Å². The van der Waals surface area contributed by atoms with Gasteiger partial charge in [-0.3, -0.25) is 9.97 Å². The standard InChI is InChI=1S/C8H12N2.C7H10N2.C2H6/c1-9-5-2-8-3-6-10-7-4-8;1-8-6-7-2-4-9-5-3-7;1-2/h3-4,6-7,9H,2,5H2,1H3;2-5,8H,6H2,1H3;1-2H3. The number of hydrogen-bond acceptors (Lipinski definition) is 4. The molecule has 4 nitrogen and oxygen atoms in total. The molecule has 0 atom stereocenters. The van der Waals surface area contributed by atoms with Crippen LogP contribution in [-0.2, 0) is 13.0 Å². The minimum atomic E-state index is 0.919. The van der Waals surface area contributed by atoms with Crippen LogP contribution in [0.15, 0.2) is 49.1 Å². The Kier molecular flexibility index (Phi) is 13.4. The summed E-state index contributed by atoms with van der Waals surface area (Å²) in [4.78, 5) is 7.83. The van der Waals surface area contributed by atoms with E-state index in [1.165, 1.54) is 11.1 Å². The molecule has 2 aromatic heterocycles. The van der Waals surface area contributed by atoms with E-state index >= 15 is 0 Å². The number of likely N-dealkylation sites (N-methyl/N-ethyl adjacent to an activating group) is 1. The van der Waals surface area contributed by atoms with Crippen LogP contribution in [0.3, 0.4) is 0 Å². The van der Waals surface area contributed by atoms with Gasteiger partial charge in [-0.05, 0) is 62.5 Å². The van der Waals surface area contributed by atoms with Gasteiger partial charge >= 0.3 is 0 Å². The van der Waals surface area contributed by atoms with Gasteiger partial charge in [-0.25, -0.2) is 0 Å². The highest BCUT2D eigenvalue weighted by molar-refractivity contribution is 5.09. The lowest BCUT2D eigenvalue weighted by Crippen LogP contribution is -2.10. The van der Waals surface area contributed by atoms with E-state index in [9.17, 15) is 0 Å². The maximum atomic E-state index is 3.93. The molecule has 4 heteroatoms. The molecule has 0 aromatic carbocycles. The van der Waals surface area contributed by atoms with Crippen LogP contribution in [0.1, 0.15) is 25.0 Å². The summed E-state index contributed by atoms with van der Waals surface area (Å²) in [7, 11) is 3.89. The van der Waals surface area contributed by atoms with E-state index in [4.69, 9.17) is 0 Å². The normalized spacial score (nSPS) is 8.95. The second kappa shape index (κ2) is 14.6. The maximum absolute atomic E-state index is 3.93. The van der Waals surface area contributed by atoms with Crippen LogP contribution < -0.4 is 10.6 Å². The minimum Gasteiger partial charge on any atom is -0.319 e. The van der Waals surface area contributed by atoms with Crippen LogP contribution in [0.25, 0.3) is 0 Å². The van der Waals surface area contributed by atoms with E-state index in [0.717, 1.165) is 19.5 Å². The summed E-state index contributed by atoms with van der Waals surface area (Å²) < 4.78 is 0. The lowest BCUT2D eigenvalue weighted by Gasteiger charge is -1.97. The van der Waals surface area contributed by atoms with Crippen LogP contribution in [0, 0.1) is 0 Å². The fourth-order valence-electron chi connectivity index (χ4n) is 1.52. The average molecular weight is 288 g/mol. The first kappa shape index (κ1) is 19.2. The molecule has 0 aliphatic carbocycles. The Balaban J connectivity index is 0.000000342. The minimum absolute atomic E-state index is 0.919. The van der Waals surface area contributed by atoms with Gasteiger partial charge in [0, 0.05) is 31.3 Å². The van der Waals surface area contributed by atoms with Gasteiger partial charge in [0.05, 0.1) is 0 Å². The molecule has 2 aromatic rings. The second-order valence-corrected chi connectivity index (χ2v) is 4.09. The topological polar surface area (TPSA) is 49.8 Å². The Morgan fingerprint density at radius 3 is 1.67 bits per heavy atom. The van der Waals surface area contributed by atoms with E-state index in [1.54, 1.807) is 12.4 Å². The van der Waals surface area contributed by atoms with Gasteiger partial charge in [-0.1, -0.05) is 13.8 Å². The van der Waals surface area contributed by atoms with Crippen LogP contribution in [0.2, 0.25) is 0 Å². The zero-order valence-electron chi connectivity index (χ0n) is 13.6. The first-order valence-corrected chi connectivity index (χ1v) is 7.44. The third-order valence-electron chi connectivity index (χ3n) is 2.54. The van der Waals surface area contributed by atoms with Gasteiger partial charge in [0.2, 0.25) is 0 Å². The van der Waals surface area contributed by atoms with E-state index in [-0.39, 0.29) is 0 Å². The monoisotopic (exact) mass is 288 g/mol. The lowest BCUT2D eigenvalue weighted by molar-refractivity contribution is 0.791. The number of pyridine rings is 2. The van der Waals surface area contributed by atoms with Crippen molar-refractivity contribution >= 4 is 0 Å². The molecule has 0 saturated carbocycles. The van der Waals surface area contributed by atoms with Crippen LogP contribution in [0.5, 0.6) is 0 Å². The molecule has 116 valence electrons. The third kappa shape index (κ3) is 10.6. The zero-order valence-corrected chi connectivity index (χ0v) is 13.6. The average Bonchev–Trinajstić information content (AvgIpc) is 2.58. The van der Waals surface area contributed by atoms with Gasteiger partial charge in [0.15, 0.2) is 0 Å². The fourth-order valence-corrected chi connectivity index (χ4v) is 1.52. The summed E-state index contributed by atoms with van der Waals surface area (Å²) in [5, 5.41) is 6.15. The SMILES string of the molecule is CC.CNCCc1ccncc1.CNCc1ccncc1. The lowest BCUT2D eigenvalue weighted by atomic mass is 10.2. The number of aromatic nitrogens is 2. The molecule has 0 aliphatic rings.